The van der Waals surface area contributed by atoms with Crippen molar-refractivity contribution in [3.8, 4) is 0 Å². The predicted octanol–water partition coefficient (Wildman–Crippen LogP) is 2.69. The maximum absolute atomic E-state index is 11.5. The summed E-state index contributed by atoms with van der Waals surface area (Å²) < 4.78 is 0. The van der Waals surface area contributed by atoms with Crippen molar-refractivity contribution < 1.29 is 4.79 Å². The van der Waals surface area contributed by atoms with Crippen molar-refractivity contribution in [3.05, 3.63) is 70.4 Å². The number of carbonyl (C=O) groups excluding carboxylic acids is 1. The molecule has 0 aliphatic carbocycles. The van der Waals surface area contributed by atoms with Crippen LogP contribution in [0.5, 0.6) is 0 Å². The van der Waals surface area contributed by atoms with Crippen molar-refractivity contribution in [1.29, 1.82) is 0 Å². The van der Waals surface area contributed by atoms with Gasteiger partial charge >= 0.3 is 6.03 Å². The summed E-state index contributed by atoms with van der Waals surface area (Å²) in [6.45, 7) is 5.44. The lowest BCUT2D eigenvalue weighted by atomic mass is 9.81. The van der Waals surface area contributed by atoms with Gasteiger partial charge < -0.3 is 0 Å². The van der Waals surface area contributed by atoms with Gasteiger partial charge in [-0.15, -0.1) is 0 Å². The summed E-state index contributed by atoms with van der Waals surface area (Å²) in [6, 6.07) is 16.2. The number of piperidine rings is 1. The van der Waals surface area contributed by atoms with Crippen LogP contribution < -0.4 is 10.7 Å². The normalized spacial score (nSPS) is 23.5. The fourth-order valence-corrected chi connectivity index (χ4v) is 3.96. The van der Waals surface area contributed by atoms with E-state index < -0.39 is 0 Å². The van der Waals surface area contributed by atoms with Gasteiger partial charge in [0.15, 0.2) is 0 Å². The Balaban J connectivity index is 1.53. The average molecular weight is 319 g/mol. The summed E-state index contributed by atoms with van der Waals surface area (Å²) in [5.41, 5.74) is 2.55. The van der Waals surface area contributed by atoms with E-state index >= 15 is 0 Å². The minimum Gasteiger partial charge on any atom is -0.299 e. The summed E-state index contributed by atoms with van der Waals surface area (Å²) >= 11 is 0. The van der Waals surface area contributed by atoms with E-state index in [0.29, 0.717) is 11.8 Å². The molecule has 2 unspecified atom stereocenters. The molecule has 24 heavy (non-hydrogen) atoms. The average Bonchev–Trinajstić information content (AvgIpc) is 2.96. The van der Waals surface area contributed by atoms with Gasteiger partial charge in [-0.3, -0.25) is 4.90 Å². The van der Waals surface area contributed by atoms with Crippen molar-refractivity contribution in [2.45, 2.75) is 25.8 Å². The zero-order valence-corrected chi connectivity index (χ0v) is 13.9. The standard InChI is InChI=1S/C20H21N3O/c1-14-12-23(13-15-6-3-2-4-7-15)11-10-16(14)17-8-5-9-18-19(17)22-20(24)21-18/h2-9,14,16H,10-13H2,1H3. The maximum atomic E-state index is 11.5. The van der Waals surface area contributed by atoms with E-state index in [9.17, 15) is 4.79 Å². The number of hydrogen-bond acceptors (Lipinski definition) is 2. The minimum absolute atomic E-state index is 0.369. The van der Waals surface area contributed by atoms with Gasteiger partial charge in [0.25, 0.3) is 0 Å². The van der Waals surface area contributed by atoms with Crippen molar-refractivity contribution in [3.63, 3.8) is 0 Å². The molecule has 1 fully saturated rings. The minimum atomic E-state index is -0.369. The Morgan fingerprint density at radius 3 is 2.71 bits per heavy atom. The van der Waals surface area contributed by atoms with E-state index in [1.807, 2.05) is 12.1 Å². The molecule has 2 amide bonds. The second-order valence-corrected chi connectivity index (χ2v) is 6.81. The Kier molecular flexibility index (Phi) is 3.98. The second-order valence-electron chi connectivity index (χ2n) is 6.81. The van der Waals surface area contributed by atoms with E-state index in [1.165, 1.54) is 11.1 Å². The number of fused-ring (bicyclic) bond motifs is 1. The SMILES string of the molecule is CC1CN(Cc2ccccc2)CCC1c1cccc2c1=NC(=O)N=2. The van der Waals surface area contributed by atoms with Crippen molar-refractivity contribution in [2.24, 2.45) is 15.9 Å². The van der Waals surface area contributed by atoms with E-state index in [4.69, 9.17) is 0 Å². The fourth-order valence-electron chi connectivity index (χ4n) is 3.96. The molecular weight excluding hydrogens is 298 g/mol. The number of urea groups is 1. The molecule has 122 valence electrons. The third kappa shape index (κ3) is 2.89. The first kappa shape index (κ1) is 15.2. The molecule has 2 aromatic rings. The van der Waals surface area contributed by atoms with Gasteiger partial charge in [-0.2, -0.15) is 9.98 Å². The maximum Gasteiger partial charge on any atom is 0.368 e. The first-order valence-electron chi connectivity index (χ1n) is 8.57. The molecule has 4 rings (SSSR count). The lowest BCUT2D eigenvalue weighted by molar-refractivity contribution is 0.155. The topological polar surface area (TPSA) is 45.0 Å². The molecule has 0 spiro atoms. The van der Waals surface area contributed by atoms with E-state index in [2.05, 4.69) is 58.2 Å². The molecule has 4 heteroatoms. The molecule has 0 bridgehead atoms. The quantitative estimate of drug-likeness (QED) is 0.873. The molecule has 2 aliphatic heterocycles. The molecule has 2 aromatic carbocycles. The largest absolute Gasteiger partial charge is 0.368 e. The number of rotatable bonds is 3. The molecule has 0 radical (unpaired) electrons. The van der Waals surface area contributed by atoms with E-state index in [0.717, 1.165) is 36.8 Å². The molecule has 0 saturated carbocycles. The Morgan fingerprint density at radius 1 is 1.08 bits per heavy atom. The van der Waals surface area contributed by atoms with Crippen LogP contribution in [0, 0.1) is 5.92 Å². The lowest BCUT2D eigenvalue weighted by Crippen LogP contribution is -2.40. The molecule has 2 aliphatic rings. The Morgan fingerprint density at radius 2 is 1.92 bits per heavy atom. The highest BCUT2D eigenvalue weighted by Gasteiger charge is 2.29. The Labute approximate surface area is 141 Å². The zero-order valence-electron chi connectivity index (χ0n) is 13.9. The fraction of sp³-hybridized carbons (Fsp3) is 0.350. The van der Waals surface area contributed by atoms with Crippen LogP contribution in [0.1, 0.15) is 30.4 Å². The number of benzene rings is 2. The number of amides is 2. The molecule has 2 heterocycles. The van der Waals surface area contributed by atoms with Crippen LogP contribution in [0.25, 0.3) is 0 Å². The van der Waals surface area contributed by atoms with Gasteiger partial charge in [0.1, 0.15) is 0 Å². The van der Waals surface area contributed by atoms with Gasteiger partial charge in [-0.25, -0.2) is 4.79 Å². The summed E-state index contributed by atoms with van der Waals surface area (Å²) in [5.74, 6) is 0.969. The molecule has 0 aromatic heterocycles. The van der Waals surface area contributed by atoms with Gasteiger partial charge in [0.05, 0.1) is 10.7 Å². The van der Waals surface area contributed by atoms with Crippen LogP contribution in [-0.2, 0) is 6.54 Å². The van der Waals surface area contributed by atoms with Crippen LogP contribution in [0.4, 0.5) is 4.79 Å². The smallest absolute Gasteiger partial charge is 0.299 e. The highest BCUT2D eigenvalue weighted by molar-refractivity contribution is 5.77. The van der Waals surface area contributed by atoms with E-state index in [1.54, 1.807) is 0 Å². The van der Waals surface area contributed by atoms with Crippen molar-refractivity contribution in [2.75, 3.05) is 13.1 Å². The van der Waals surface area contributed by atoms with Crippen molar-refractivity contribution in [1.82, 2.24) is 4.90 Å². The number of carbonyl (C=O) groups is 1. The first-order valence-corrected chi connectivity index (χ1v) is 8.57. The van der Waals surface area contributed by atoms with E-state index in [-0.39, 0.29) is 6.03 Å². The zero-order chi connectivity index (χ0) is 16.5. The monoisotopic (exact) mass is 319 g/mol. The third-order valence-electron chi connectivity index (χ3n) is 5.11. The molecule has 1 saturated heterocycles. The van der Waals surface area contributed by atoms with Crippen LogP contribution in [0.2, 0.25) is 0 Å². The highest BCUT2D eigenvalue weighted by Crippen LogP contribution is 2.31. The summed E-state index contributed by atoms with van der Waals surface area (Å²) in [4.78, 5) is 22.2. The van der Waals surface area contributed by atoms with Crippen LogP contribution in [0.15, 0.2) is 58.5 Å². The molecular formula is C20H21N3O. The number of likely N-dealkylation sites (tertiary alicyclic amines) is 1. The lowest BCUT2D eigenvalue weighted by Gasteiger charge is -2.37. The van der Waals surface area contributed by atoms with Gasteiger partial charge in [-0.1, -0.05) is 49.4 Å². The predicted molar refractivity (Wildman–Crippen MR) is 92.4 cm³/mol. The van der Waals surface area contributed by atoms with Gasteiger partial charge in [0.2, 0.25) is 0 Å². The summed E-state index contributed by atoms with van der Waals surface area (Å²) in [6.07, 6.45) is 1.09. The van der Waals surface area contributed by atoms with Crippen LogP contribution in [-0.4, -0.2) is 24.0 Å². The van der Waals surface area contributed by atoms with Gasteiger partial charge in [-0.05, 0) is 42.0 Å². The Hall–Kier alpha value is -2.33. The number of para-hydroxylation sites is 1. The molecule has 0 N–H and O–H groups in total. The molecule has 4 nitrogen and oxygen atoms in total. The second kappa shape index (κ2) is 6.29. The first-order chi connectivity index (χ1) is 11.7. The van der Waals surface area contributed by atoms with Crippen LogP contribution in [0.3, 0.4) is 0 Å². The molecule has 2 atom stereocenters. The summed E-state index contributed by atoms with van der Waals surface area (Å²) in [5, 5.41) is 1.53. The van der Waals surface area contributed by atoms with Gasteiger partial charge in [0, 0.05) is 13.1 Å². The third-order valence-corrected chi connectivity index (χ3v) is 5.11. The Bertz CT molecular complexity index is 876. The number of hydrogen-bond donors (Lipinski definition) is 0. The van der Waals surface area contributed by atoms with Crippen LogP contribution >= 0.6 is 0 Å². The highest BCUT2D eigenvalue weighted by atomic mass is 16.2. The summed E-state index contributed by atoms with van der Waals surface area (Å²) in [7, 11) is 0. The van der Waals surface area contributed by atoms with Crippen molar-refractivity contribution >= 4 is 6.03 Å². The number of nitrogens with zero attached hydrogens (tertiary/aromatic N) is 3.